The molecular formula is C19H15N3O. The third-order valence-electron chi connectivity index (χ3n) is 3.98. The highest BCUT2D eigenvalue weighted by atomic mass is 16.3. The summed E-state index contributed by atoms with van der Waals surface area (Å²) in [4.78, 5) is 8.95. The minimum Gasteiger partial charge on any atom is -0.508 e. The number of hydrogen-bond acceptors (Lipinski definition) is 3. The van der Waals surface area contributed by atoms with Gasteiger partial charge >= 0.3 is 0 Å². The minimum absolute atomic E-state index is 0.254. The first-order chi connectivity index (χ1) is 11.2. The van der Waals surface area contributed by atoms with Crippen LogP contribution in [0.5, 0.6) is 5.75 Å². The second-order valence-electron chi connectivity index (χ2n) is 5.51. The molecule has 0 bridgehead atoms. The van der Waals surface area contributed by atoms with E-state index in [1.165, 1.54) is 5.56 Å². The topological polar surface area (TPSA) is 50.4 Å². The second kappa shape index (κ2) is 5.25. The molecular weight excluding hydrogens is 286 g/mol. The van der Waals surface area contributed by atoms with Crippen LogP contribution >= 0.6 is 0 Å². The van der Waals surface area contributed by atoms with Gasteiger partial charge in [-0.25, -0.2) is 4.98 Å². The van der Waals surface area contributed by atoms with E-state index in [4.69, 9.17) is 0 Å². The summed E-state index contributed by atoms with van der Waals surface area (Å²) >= 11 is 0. The zero-order chi connectivity index (χ0) is 15.8. The van der Waals surface area contributed by atoms with E-state index in [1.54, 1.807) is 18.3 Å². The van der Waals surface area contributed by atoms with Crippen molar-refractivity contribution in [1.29, 1.82) is 0 Å². The van der Waals surface area contributed by atoms with Gasteiger partial charge in [0, 0.05) is 17.3 Å². The molecule has 1 N–H and O–H groups in total. The summed E-state index contributed by atoms with van der Waals surface area (Å²) in [5, 5.41) is 9.46. The number of rotatable bonds is 2. The normalized spacial score (nSPS) is 11.0. The molecule has 0 atom stereocenters. The fourth-order valence-electron chi connectivity index (χ4n) is 2.73. The van der Waals surface area contributed by atoms with Crippen molar-refractivity contribution in [3.05, 3.63) is 72.7 Å². The Morgan fingerprint density at radius 1 is 0.913 bits per heavy atom. The molecule has 0 aliphatic heterocycles. The number of phenolic OH excluding ortho intramolecular Hbond substituents is 1. The monoisotopic (exact) mass is 301 g/mol. The van der Waals surface area contributed by atoms with Gasteiger partial charge in [-0.15, -0.1) is 0 Å². The Balaban J connectivity index is 1.90. The number of nitrogens with zero attached hydrogens (tertiary/aromatic N) is 3. The van der Waals surface area contributed by atoms with E-state index in [1.807, 2.05) is 41.1 Å². The van der Waals surface area contributed by atoms with Gasteiger partial charge in [0.2, 0.25) is 0 Å². The lowest BCUT2D eigenvalue weighted by Crippen LogP contribution is -1.94. The van der Waals surface area contributed by atoms with Gasteiger partial charge < -0.3 is 5.11 Å². The molecule has 0 saturated heterocycles. The molecule has 2 heterocycles. The molecule has 2 aromatic heterocycles. The Morgan fingerprint density at radius 2 is 1.70 bits per heavy atom. The predicted molar refractivity (Wildman–Crippen MR) is 90.3 cm³/mol. The Morgan fingerprint density at radius 3 is 2.48 bits per heavy atom. The number of benzene rings is 2. The maximum atomic E-state index is 9.46. The first kappa shape index (κ1) is 13.5. The maximum absolute atomic E-state index is 9.46. The summed E-state index contributed by atoms with van der Waals surface area (Å²) in [7, 11) is 0. The fraction of sp³-hybridized carbons (Fsp3) is 0.0526. The van der Waals surface area contributed by atoms with Crippen LogP contribution in [0.3, 0.4) is 0 Å². The molecule has 112 valence electrons. The number of hydrogen-bond donors (Lipinski definition) is 1. The third kappa shape index (κ3) is 2.34. The summed E-state index contributed by atoms with van der Waals surface area (Å²) in [6, 6.07) is 15.3. The molecule has 0 amide bonds. The van der Waals surface area contributed by atoms with E-state index in [0.717, 1.165) is 28.2 Å². The van der Waals surface area contributed by atoms with Crippen molar-refractivity contribution in [2.45, 2.75) is 6.92 Å². The number of imidazole rings is 1. The number of phenols is 1. The first-order valence-electron chi connectivity index (χ1n) is 7.41. The van der Waals surface area contributed by atoms with Crippen molar-refractivity contribution in [1.82, 2.24) is 14.4 Å². The largest absolute Gasteiger partial charge is 0.508 e. The van der Waals surface area contributed by atoms with E-state index in [-0.39, 0.29) is 5.75 Å². The van der Waals surface area contributed by atoms with Crippen molar-refractivity contribution in [3.8, 4) is 28.3 Å². The lowest BCUT2D eigenvalue weighted by Gasteiger charge is -2.07. The van der Waals surface area contributed by atoms with Crippen molar-refractivity contribution in [2.24, 2.45) is 0 Å². The van der Waals surface area contributed by atoms with Crippen LogP contribution in [-0.2, 0) is 0 Å². The van der Waals surface area contributed by atoms with Gasteiger partial charge in [0.05, 0.1) is 23.8 Å². The predicted octanol–water partition coefficient (Wildman–Crippen LogP) is 4.08. The van der Waals surface area contributed by atoms with E-state index in [2.05, 4.69) is 29.0 Å². The van der Waals surface area contributed by atoms with Crippen molar-refractivity contribution in [3.63, 3.8) is 0 Å². The van der Waals surface area contributed by atoms with E-state index in [0.29, 0.717) is 0 Å². The molecule has 0 unspecified atom stereocenters. The van der Waals surface area contributed by atoms with Crippen LogP contribution in [-0.4, -0.2) is 19.5 Å². The van der Waals surface area contributed by atoms with Crippen molar-refractivity contribution in [2.75, 3.05) is 0 Å². The summed E-state index contributed by atoms with van der Waals surface area (Å²) < 4.78 is 2.03. The summed E-state index contributed by atoms with van der Waals surface area (Å²) in [6.07, 6.45) is 5.61. The highest BCUT2D eigenvalue weighted by Gasteiger charge is 2.09. The molecule has 0 aliphatic rings. The highest BCUT2D eigenvalue weighted by molar-refractivity contribution is 5.68. The van der Waals surface area contributed by atoms with E-state index in [9.17, 15) is 5.11 Å². The Hall–Kier alpha value is -3.14. The van der Waals surface area contributed by atoms with Gasteiger partial charge in [0.25, 0.3) is 0 Å². The summed E-state index contributed by atoms with van der Waals surface area (Å²) in [5.74, 6) is 0.254. The number of fused-ring (bicyclic) bond motifs is 1. The molecule has 0 radical (unpaired) electrons. The molecule has 4 heteroatoms. The van der Waals surface area contributed by atoms with Crippen LogP contribution < -0.4 is 0 Å². The Labute approximate surface area is 133 Å². The average molecular weight is 301 g/mol. The second-order valence-corrected chi connectivity index (χ2v) is 5.51. The zero-order valence-corrected chi connectivity index (χ0v) is 12.6. The number of aryl methyl sites for hydroxylation is 1. The zero-order valence-electron chi connectivity index (χ0n) is 12.6. The number of aromatic hydroxyl groups is 1. The summed E-state index contributed by atoms with van der Waals surface area (Å²) in [6.45, 7) is 2.08. The molecule has 0 saturated carbocycles. The summed E-state index contributed by atoms with van der Waals surface area (Å²) in [5.41, 5.74) is 5.97. The van der Waals surface area contributed by atoms with Crippen molar-refractivity contribution >= 4 is 5.65 Å². The van der Waals surface area contributed by atoms with Crippen LogP contribution in [0.2, 0.25) is 0 Å². The van der Waals surface area contributed by atoms with Crippen LogP contribution in [0.1, 0.15) is 5.56 Å². The van der Waals surface area contributed by atoms with Crippen molar-refractivity contribution < 1.29 is 5.11 Å². The standard InChI is InChI=1S/C19H15N3O/c1-13-4-2-3-5-16(13)17-12-22-18(10-21-19(22)11-20-17)14-6-8-15(23)9-7-14/h2-12,23H,1H3. The van der Waals surface area contributed by atoms with Crippen LogP contribution in [0.15, 0.2) is 67.1 Å². The lowest BCUT2D eigenvalue weighted by atomic mass is 10.1. The maximum Gasteiger partial charge on any atom is 0.155 e. The van der Waals surface area contributed by atoms with Crippen LogP contribution in [0.25, 0.3) is 28.2 Å². The minimum atomic E-state index is 0.254. The molecule has 0 aliphatic carbocycles. The van der Waals surface area contributed by atoms with Crippen LogP contribution in [0, 0.1) is 6.92 Å². The molecule has 0 spiro atoms. The van der Waals surface area contributed by atoms with Gasteiger partial charge in [0.15, 0.2) is 5.65 Å². The number of aromatic nitrogens is 3. The molecule has 4 rings (SSSR count). The average Bonchev–Trinajstić information content (AvgIpc) is 2.99. The van der Waals surface area contributed by atoms with Gasteiger partial charge in [-0.2, -0.15) is 0 Å². The molecule has 0 fully saturated rings. The van der Waals surface area contributed by atoms with Crippen LogP contribution in [0.4, 0.5) is 0 Å². The Bertz CT molecular complexity index is 987. The van der Waals surface area contributed by atoms with Gasteiger partial charge in [-0.1, -0.05) is 24.3 Å². The quantitative estimate of drug-likeness (QED) is 0.607. The SMILES string of the molecule is Cc1ccccc1-c1cn2c(-c3ccc(O)cc3)cnc2cn1. The molecule has 4 aromatic rings. The van der Waals surface area contributed by atoms with Gasteiger partial charge in [0.1, 0.15) is 5.75 Å². The lowest BCUT2D eigenvalue weighted by molar-refractivity contribution is 0.475. The smallest absolute Gasteiger partial charge is 0.155 e. The fourth-order valence-corrected chi connectivity index (χ4v) is 2.73. The van der Waals surface area contributed by atoms with E-state index >= 15 is 0 Å². The first-order valence-corrected chi connectivity index (χ1v) is 7.41. The highest BCUT2D eigenvalue weighted by Crippen LogP contribution is 2.26. The molecule has 2 aromatic carbocycles. The van der Waals surface area contributed by atoms with Gasteiger partial charge in [-0.05, 0) is 36.8 Å². The molecule has 23 heavy (non-hydrogen) atoms. The Kier molecular flexibility index (Phi) is 3.08. The third-order valence-corrected chi connectivity index (χ3v) is 3.98. The van der Waals surface area contributed by atoms with Gasteiger partial charge in [-0.3, -0.25) is 9.38 Å². The molecule has 4 nitrogen and oxygen atoms in total. The van der Waals surface area contributed by atoms with E-state index < -0.39 is 0 Å².